The molecule has 0 heterocycles. The van der Waals surface area contributed by atoms with Crippen LogP contribution in [0.1, 0.15) is 13.8 Å². The Bertz CT molecular complexity index is 177. The number of hydrogen-bond acceptors (Lipinski definition) is 6. The number of carboxylic acids is 1. The minimum absolute atomic E-state index is 0.0694. The summed E-state index contributed by atoms with van der Waals surface area (Å²) in [7, 11) is 0. The number of aliphatic hydroxyl groups is 4. The first-order valence-electron chi connectivity index (χ1n) is 5.30. The summed E-state index contributed by atoms with van der Waals surface area (Å²) < 4.78 is 0. The second-order valence-corrected chi connectivity index (χ2v) is 3.88. The van der Waals surface area contributed by atoms with Gasteiger partial charge in [-0.15, -0.1) is 0 Å². The fourth-order valence-corrected chi connectivity index (χ4v) is 0.760. The number of hydrogen-bond donors (Lipinski definition) is 5. The summed E-state index contributed by atoms with van der Waals surface area (Å²) in [6.45, 7) is 4.19. The van der Waals surface area contributed by atoms with Crippen LogP contribution >= 0.6 is 0 Å². The van der Waals surface area contributed by atoms with Crippen molar-refractivity contribution < 1.29 is 30.3 Å². The smallest absolute Gasteiger partial charge is 0.335 e. The molecule has 7 nitrogen and oxygen atoms in total. The van der Waals surface area contributed by atoms with Crippen molar-refractivity contribution in [3.05, 3.63) is 0 Å². The summed E-state index contributed by atoms with van der Waals surface area (Å²) in [6, 6.07) is 0. The van der Waals surface area contributed by atoms with E-state index in [1.54, 1.807) is 4.90 Å². The van der Waals surface area contributed by atoms with E-state index in [2.05, 4.69) is 0 Å². The highest BCUT2D eigenvalue weighted by Gasteiger charge is 2.21. The number of aliphatic carboxylic acids is 1. The van der Waals surface area contributed by atoms with Crippen LogP contribution in [0.3, 0.4) is 0 Å². The second kappa shape index (κ2) is 10.4. The van der Waals surface area contributed by atoms with Crippen molar-refractivity contribution >= 4 is 5.97 Å². The Hall–Kier alpha value is -0.730. The van der Waals surface area contributed by atoms with Crippen LogP contribution in [0.4, 0.5) is 0 Å². The normalized spacial score (nSPS) is 11.0. The van der Waals surface area contributed by atoms with E-state index in [0.29, 0.717) is 19.6 Å². The fraction of sp³-hybridized carbons (Fsp3) is 0.900. The van der Waals surface area contributed by atoms with Gasteiger partial charge >= 0.3 is 5.97 Å². The molecule has 0 bridgehead atoms. The topological polar surface area (TPSA) is 121 Å². The summed E-state index contributed by atoms with van der Waals surface area (Å²) in [5.74, 6) is -1.20. The lowest BCUT2D eigenvalue weighted by molar-refractivity contribution is -0.154. The van der Waals surface area contributed by atoms with Crippen LogP contribution in [-0.4, -0.2) is 81.5 Å². The Labute approximate surface area is 101 Å². The molecule has 0 amide bonds. The predicted octanol–water partition coefficient (Wildman–Crippen LogP) is -1.89. The van der Waals surface area contributed by atoms with Crippen molar-refractivity contribution in [1.82, 2.24) is 4.90 Å². The van der Waals surface area contributed by atoms with Crippen molar-refractivity contribution in [2.24, 2.45) is 0 Å². The summed E-state index contributed by atoms with van der Waals surface area (Å²) in [6.07, 6.45) is 0. The van der Waals surface area contributed by atoms with Gasteiger partial charge in [-0.1, -0.05) is 0 Å². The van der Waals surface area contributed by atoms with E-state index in [-0.39, 0.29) is 19.8 Å². The average molecular weight is 253 g/mol. The Morgan fingerprint density at radius 3 is 1.35 bits per heavy atom. The predicted molar refractivity (Wildman–Crippen MR) is 61.6 cm³/mol. The van der Waals surface area contributed by atoms with Gasteiger partial charge in [-0.25, -0.2) is 4.79 Å². The molecule has 7 heteroatoms. The lowest BCUT2D eigenvalue weighted by Gasteiger charge is -2.17. The van der Waals surface area contributed by atoms with Crippen LogP contribution in [0.5, 0.6) is 0 Å². The first-order valence-corrected chi connectivity index (χ1v) is 5.30. The molecule has 0 saturated heterocycles. The molecule has 0 aliphatic heterocycles. The van der Waals surface area contributed by atoms with Crippen LogP contribution in [0.15, 0.2) is 0 Å². The largest absolute Gasteiger partial charge is 0.479 e. The number of rotatable bonds is 7. The zero-order chi connectivity index (χ0) is 13.9. The third-order valence-electron chi connectivity index (χ3n) is 1.77. The molecule has 0 aromatic heterocycles. The summed E-state index contributed by atoms with van der Waals surface area (Å²) in [4.78, 5) is 11.6. The van der Waals surface area contributed by atoms with Gasteiger partial charge in [0.25, 0.3) is 0 Å². The van der Waals surface area contributed by atoms with Crippen LogP contribution in [0.25, 0.3) is 0 Å². The highest BCUT2D eigenvalue weighted by atomic mass is 16.4. The maximum absolute atomic E-state index is 9.77. The van der Waals surface area contributed by atoms with Crippen molar-refractivity contribution in [1.29, 1.82) is 0 Å². The van der Waals surface area contributed by atoms with Gasteiger partial charge in [0.05, 0.1) is 19.8 Å². The molecule has 0 fully saturated rings. The van der Waals surface area contributed by atoms with Gasteiger partial charge in [0.1, 0.15) is 0 Å². The highest BCUT2D eigenvalue weighted by Crippen LogP contribution is 1.97. The Morgan fingerprint density at radius 2 is 1.24 bits per heavy atom. The van der Waals surface area contributed by atoms with E-state index in [1.807, 2.05) is 0 Å². The minimum Gasteiger partial charge on any atom is -0.479 e. The molecule has 0 aliphatic carbocycles. The fourth-order valence-electron chi connectivity index (χ4n) is 0.760. The van der Waals surface area contributed by atoms with Gasteiger partial charge in [-0.05, 0) is 13.8 Å². The molecule has 104 valence electrons. The van der Waals surface area contributed by atoms with Crippen LogP contribution < -0.4 is 0 Å². The Morgan fingerprint density at radius 1 is 1.00 bits per heavy atom. The van der Waals surface area contributed by atoms with E-state index in [1.165, 1.54) is 13.8 Å². The lowest BCUT2D eigenvalue weighted by Crippen LogP contribution is -2.32. The van der Waals surface area contributed by atoms with Crippen molar-refractivity contribution in [3.8, 4) is 0 Å². The van der Waals surface area contributed by atoms with Crippen molar-refractivity contribution in [3.63, 3.8) is 0 Å². The van der Waals surface area contributed by atoms with E-state index >= 15 is 0 Å². The van der Waals surface area contributed by atoms with Gasteiger partial charge < -0.3 is 25.5 Å². The van der Waals surface area contributed by atoms with Crippen LogP contribution in [0.2, 0.25) is 0 Å². The van der Waals surface area contributed by atoms with E-state index in [4.69, 9.17) is 25.5 Å². The van der Waals surface area contributed by atoms with E-state index < -0.39 is 11.6 Å². The summed E-state index contributed by atoms with van der Waals surface area (Å²) in [5.41, 5.74) is -1.58. The Kier molecular flexibility index (Phi) is 11.4. The monoisotopic (exact) mass is 253 g/mol. The number of aliphatic hydroxyl groups excluding tert-OH is 3. The molecule has 0 aromatic carbocycles. The first kappa shape index (κ1) is 18.6. The molecule has 0 spiro atoms. The zero-order valence-electron chi connectivity index (χ0n) is 10.3. The van der Waals surface area contributed by atoms with E-state index in [0.717, 1.165) is 0 Å². The van der Waals surface area contributed by atoms with Gasteiger partial charge in [-0.2, -0.15) is 0 Å². The lowest BCUT2D eigenvalue weighted by atomic mass is 10.1. The summed E-state index contributed by atoms with van der Waals surface area (Å²) >= 11 is 0. The average Bonchev–Trinajstić information content (AvgIpc) is 2.18. The number of carboxylic acid groups (broad SMARTS) is 1. The van der Waals surface area contributed by atoms with Crippen LogP contribution in [-0.2, 0) is 4.79 Å². The number of nitrogens with zero attached hydrogens (tertiary/aromatic N) is 1. The molecule has 0 rings (SSSR count). The SMILES string of the molecule is CC(C)(O)C(=O)O.OCCN(CCO)CCO. The third kappa shape index (κ3) is 13.2. The Balaban J connectivity index is 0. The molecule has 0 saturated carbocycles. The first-order chi connectivity index (χ1) is 7.79. The molecular formula is C10H23NO6. The van der Waals surface area contributed by atoms with Gasteiger partial charge in [0.15, 0.2) is 5.60 Å². The standard InChI is InChI=1S/C6H15NO3.C4H8O3/c8-4-1-7(2-5-9)3-6-10;1-4(2,7)3(5)6/h8-10H,1-6H2;7H,1-2H3,(H,5,6). The molecule has 0 aliphatic rings. The molecular weight excluding hydrogens is 230 g/mol. The number of carbonyl (C=O) groups is 1. The third-order valence-corrected chi connectivity index (χ3v) is 1.77. The van der Waals surface area contributed by atoms with Crippen molar-refractivity contribution in [2.75, 3.05) is 39.5 Å². The molecule has 0 unspecified atom stereocenters. The van der Waals surface area contributed by atoms with Crippen molar-refractivity contribution in [2.45, 2.75) is 19.4 Å². The van der Waals surface area contributed by atoms with Gasteiger partial charge in [0.2, 0.25) is 0 Å². The highest BCUT2D eigenvalue weighted by molar-refractivity contribution is 5.75. The maximum atomic E-state index is 9.77. The minimum atomic E-state index is -1.58. The molecule has 5 N–H and O–H groups in total. The zero-order valence-corrected chi connectivity index (χ0v) is 10.3. The summed E-state index contributed by atoms with van der Waals surface area (Å²) in [5, 5.41) is 42.0. The van der Waals surface area contributed by atoms with Crippen LogP contribution in [0, 0.1) is 0 Å². The molecule has 0 aromatic rings. The molecule has 0 atom stereocenters. The van der Waals surface area contributed by atoms with E-state index in [9.17, 15) is 4.79 Å². The van der Waals surface area contributed by atoms with Gasteiger partial charge in [-0.3, -0.25) is 4.90 Å². The molecule has 0 radical (unpaired) electrons. The second-order valence-electron chi connectivity index (χ2n) is 3.88. The quantitative estimate of drug-likeness (QED) is 0.359. The van der Waals surface area contributed by atoms with Gasteiger partial charge in [0, 0.05) is 19.6 Å². The maximum Gasteiger partial charge on any atom is 0.335 e. The molecule has 17 heavy (non-hydrogen) atoms.